The van der Waals surface area contributed by atoms with Gasteiger partial charge < -0.3 is 10.6 Å². The normalized spacial score (nSPS) is 20.5. The molecule has 0 radical (unpaired) electrons. The van der Waals surface area contributed by atoms with Crippen molar-refractivity contribution >= 4 is 51.5 Å². The first-order valence-corrected chi connectivity index (χ1v) is 11.8. The van der Waals surface area contributed by atoms with Crippen molar-refractivity contribution in [2.24, 2.45) is 4.99 Å². The maximum absolute atomic E-state index is 11.3. The van der Waals surface area contributed by atoms with E-state index in [0.717, 1.165) is 30.2 Å². The fourth-order valence-electron chi connectivity index (χ4n) is 2.80. The predicted octanol–water partition coefficient (Wildman–Crippen LogP) is 3.19. The van der Waals surface area contributed by atoms with Crippen molar-refractivity contribution in [2.45, 2.75) is 43.7 Å². The molecule has 8 heteroatoms. The zero-order chi connectivity index (χ0) is 18.3. The van der Waals surface area contributed by atoms with Gasteiger partial charge in [-0.2, -0.15) is 11.8 Å². The molecule has 1 heterocycles. The molecule has 1 aliphatic rings. The summed E-state index contributed by atoms with van der Waals surface area (Å²) < 4.78 is 23.0. The van der Waals surface area contributed by atoms with Crippen LogP contribution in [0.1, 0.15) is 37.8 Å². The summed E-state index contributed by atoms with van der Waals surface area (Å²) in [6, 6.07) is 7.62. The molecule has 26 heavy (non-hydrogen) atoms. The van der Waals surface area contributed by atoms with Crippen LogP contribution >= 0.6 is 35.7 Å². The quantitative estimate of drug-likeness (QED) is 0.334. The molecular formula is C18H30IN3O2S2. The highest BCUT2D eigenvalue weighted by Crippen LogP contribution is 2.36. The molecule has 1 aromatic carbocycles. The maximum Gasteiger partial charge on any atom is 0.191 e. The molecule has 2 N–H and O–H groups in total. The number of sulfone groups is 1. The van der Waals surface area contributed by atoms with Gasteiger partial charge in [0.1, 0.15) is 0 Å². The Bertz CT molecular complexity index is 685. The number of rotatable bonds is 7. The van der Waals surface area contributed by atoms with Crippen molar-refractivity contribution in [3.8, 4) is 0 Å². The molecule has 1 aromatic rings. The summed E-state index contributed by atoms with van der Waals surface area (Å²) in [7, 11) is -2.99. The number of thioether (sulfide) groups is 1. The van der Waals surface area contributed by atoms with E-state index in [4.69, 9.17) is 0 Å². The zero-order valence-corrected chi connectivity index (χ0v) is 19.7. The SMILES string of the molecule is CCNC(=NCc1ccc(CS(C)(=O)=O)cc1)NCC1(C)CCCS1.I. The molecule has 1 saturated heterocycles. The predicted molar refractivity (Wildman–Crippen MR) is 123 cm³/mol. The van der Waals surface area contributed by atoms with E-state index in [2.05, 4.69) is 29.5 Å². The maximum atomic E-state index is 11.3. The fraction of sp³-hybridized carbons (Fsp3) is 0.611. The molecule has 0 amide bonds. The summed E-state index contributed by atoms with van der Waals surface area (Å²) >= 11 is 2.03. The van der Waals surface area contributed by atoms with Crippen LogP contribution in [0.2, 0.25) is 0 Å². The van der Waals surface area contributed by atoms with Gasteiger partial charge in [-0.3, -0.25) is 0 Å². The van der Waals surface area contributed by atoms with E-state index in [1.54, 1.807) is 0 Å². The van der Waals surface area contributed by atoms with Crippen LogP contribution in [-0.2, 0) is 22.1 Å². The first-order valence-electron chi connectivity index (χ1n) is 8.71. The van der Waals surface area contributed by atoms with Gasteiger partial charge in [0.2, 0.25) is 0 Å². The third kappa shape index (κ3) is 8.47. The number of hydrogen-bond donors (Lipinski definition) is 2. The van der Waals surface area contributed by atoms with Crippen molar-refractivity contribution in [3.63, 3.8) is 0 Å². The van der Waals surface area contributed by atoms with E-state index >= 15 is 0 Å². The lowest BCUT2D eigenvalue weighted by molar-refractivity contribution is 0.584. The van der Waals surface area contributed by atoms with Gasteiger partial charge in [-0.05, 0) is 43.6 Å². The third-order valence-corrected chi connectivity index (χ3v) is 6.54. The van der Waals surface area contributed by atoms with Crippen LogP contribution in [0.3, 0.4) is 0 Å². The van der Waals surface area contributed by atoms with Gasteiger partial charge in [0.15, 0.2) is 15.8 Å². The van der Waals surface area contributed by atoms with E-state index in [0.29, 0.717) is 11.3 Å². The molecular weight excluding hydrogens is 481 g/mol. The van der Waals surface area contributed by atoms with Gasteiger partial charge in [0.25, 0.3) is 0 Å². The Labute approximate surface area is 179 Å². The van der Waals surface area contributed by atoms with Crippen LogP contribution in [0.15, 0.2) is 29.3 Å². The fourth-order valence-corrected chi connectivity index (χ4v) is 4.85. The van der Waals surface area contributed by atoms with Crippen molar-refractivity contribution < 1.29 is 8.42 Å². The second-order valence-corrected chi connectivity index (χ2v) is 10.7. The van der Waals surface area contributed by atoms with E-state index in [9.17, 15) is 8.42 Å². The van der Waals surface area contributed by atoms with Crippen LogP contribution in [-0.4, -0.2) is 44.2 Å². The van der Waals surface area contributed by atoms with Crippen molar-refractivity contribution in [2.75, 3.05) is 25.1 Å². The summed E-state index contributed by atoms with van der Waals surface area (Å²) in [4.78, 5) is 4.65. The molecule has 5 nitrogen and oxygen atoms in total. The third-order valence-electron chi connectivity index (χ3n) is 4.15. The molecule has 0 spiro atoms. The molecule has 0 bridgehead atoms. The van der Waals surface area contributed by atoms with Crippen LogP contribution < -0.4 is 10.6 Å². The first-order chi connectivity index (χ1) is 11.8. The number of aliphatic imine (C=N–C) groups is 1. The molecule has 1 unspecified atom stereocenters. The molecule has 1 aliphatic heterocycles. The van der Waals surface area contributed by atoms with E-state index in [1.165, 1.54) is 24.9 Å². The van der Waals surface area contributed by atoms with Gasteiger partial charge in [-0.25, -0.2) is 13.4 Å². The van der Waals surface area contributed by atoms with Crippen LogP contribution in [0, 0.1) is 0 Å². The van der Waals surface area contributed by atoms with Crippen LogP contribution in [0.25, 0.3) is 0 Å². The number of benzene rings is 1. The molecule has 148 valence electrons. The number of halogens is 1. The molecule has 0 aromatic heterocycles. The Balaban J connectivity index is 0.00000338. The lowest BCUT2D eigenvalue weighted by Crippen LogP contribution is -2.43. The number of nitrogens with zero attached hydrogens (tertiary/aromatic N) is 1. The Kier molecular flexibility index (Phi) is 9.74. The smallest absolute Gasteiger partial charge is 0.191 e. The Morgan fingerprint density at radius 3 is 2.42 bits per heavy atom. The molecule has 1 atom stereocenters. The number of guanidine groups is 1. The van der Waals surface area contributed by atoms with E-state index < -0.39 is 9.84 Å². The largest absolute Gasteiger partial charge is 0.357 e. The highest BCUT2D eigenvalue weighted by molar-refractivity contribution is 14.0. The second kappa shape index (κ2) is 10.8. The highest BCUT2D eigenvalue weighted by atomic mass is 127. The number of nitrogens with one attached hydrogen (secondary N) is 2. The summed E-state index contributed by atoms with van der Waals surface area (Å²) in [5.41, 5.74) is 1.88. The zero-order valence-electron chi connectivity index (χ0n) is 15.7. The van der Waals surface area contributed by atoms with Gasteiger partial charge in [-0.1, -0.05) is 24.3 Å². The Morgan fingerprint density at radius 1 is 1.23 bits per heavy atom. The summed E-state index contributed by atoms with van der Waals surface area (Å²) in [6.45, 7) is 6.67. The summed E-state index contributed by atoms with van der Waals surface area (Å²) in [5.74, 6) is 2.15. The van der Waals surface area contributed by atoms with Crippen LogP contribution in [0.4, 0.5) is 0 Å². The molecule has 2 rings (SSSR count). The molecule has 1 fully saturated rings. The number of hydrogen-bond acceptors (Lipinski definition) is 4. The molecule has 0 aliphatic carbocycles. The minimum Gasteiger partial charge on any atom is -0.357 e. The standard InChI is InChI=1S/C18H29N3O2S2.HI/c1-4-19-17(21-14-18(2)10-5-11-24-18)20-12-15-6-8-16(9-7-15)13-25(3,22)23;/h6-9H,4-5,10-14H2,1-3H3,(H2,19,20,21);1H. The topological polar surface area (TPSA) is 70.6 Å². The first kappa shape index (κ1) is 23.6. The van der Waals surface area contributed by atoms with Crippen molar-refractivity contribution in [3.05, 3.63) is 35.4 Å². The average molecular weight is 511 g/mol. The lowest BCUT2D eigenvalue weighted by atomic mass is 10.1. The van der Waals surface area contributed by atoms with Gasteiger partial charge in [-0.15, -0.1) is 24.0 Å². The van der Waals surface area contributed by atoms with Crippen LogP contribution in [0.5, 0.6) is 0 Å². The van der Waals surface area contributed by atoms with Gasteiger partial charge in [0, 0.05) is 24.1 Å². The average Bonchev–Trinajstić information content (AvgIpc) is 2.97. The monoisotopic (exact) mass is 511 g/mol. The summed E-state index contributed by atoms with van der Waals surface area (Å²) in [5, 5.41) is 6.74. The van der Waals surface area contributed by atoms with Gasteiger partial charge in [0.05, 0.1) is 12.3 Å². The highest BCUT2D eigenvalue weighted by Gasteiger charge is 2.29. The molecule has 0 saturated carbocycles. The Hall–Kier alpha value is -0.480. The minimum atomic E-state index is -2.99. The van der Waals surface area contributed by atoms with Gasteiger partial charge >= 0.3 is 0 Å². The second-order valence-electron chi connectivity index (χ2n) is 6.84. The van der Waals surface area contributed by atoms with E-state index in [-0.39, 0.29) is 29.7 Å². The van der Waals surface area contributed by atoms with Crippen molar-refractivity contribution in [1.29, 1.82) is 0 Å². The summed E-state index contributed by atoms with van der Waals surface area (Å²) in [6.07, 6.45) is 3.78. The van der Waals surface area contributed by atoms with E-state index in [1.807, 2.05) is 36.0 Å². The van der Waals surface area contributed by atoms with Crippen molar-refractivity contribution in [1.82, 2.24) is 10.6 Å². The minimum absolute atomic E-state index is 0. The lowest BCUT2D eigenvalue weighted by Gasteiger charge is -2.24. The Morgan fingerprint density at radius 2 is 1.88 bits per heavy atom.